The van der Waals surface area contributed by atoms with E-state index in [1.165, 1.54) is 0 Å². The summed E-state index contributed by atoms with van der Waals surface area (Å²) < 4.78 is 5.72. The average molecular weight is 491 g/mol. The Bertz CT molecular complexity index is 1220. The first-order valence-corrected chi connectivity index (χ1v) is 12.7. The van der Waals surface area contributed by atoms with Gasteiger partial charge >= 0.3 is 0 Å². The minimum atomic E-state index is -0.675. The van der Waals surface area contributed by atoms with E-state index in [0.717, 1.165) is 35.1 Å². The zero-order chi connectivity index (χ0) is 25.6. The molecule has 1 unspecified atom stereocenters. The molecule has 0 saturated carbocycles. The lowest BCUT2D eigenvalue weighted by atomic mass is 9.87. The first-order valence-electron chi connectivity index (χ1n) is 12.7. The van der Waals surface area contributed by atoms with Crippen molar-refractivity contribution in [3.63, 3.8) is 0 Å². The summed E-state index contributed by atoms with van der Waals surface area (Å²) in [4.78, 5) is 33.0. The smallest absolute Gasteiger partial charge is 0.251 e. The van der Waals surface area contributed by atoms with Gasteiger partial charge in [0.25, 0.3) is 5.91 Å². The van der Waals surface area contributed by atoms with Gasteiger partial charge in [0.2, 0.25) is 5.91 Å². The third-order valence-corrected chi connectivity index (χ3v) is 8.24. The maximum atomic E-state index is 13.3. The Balaban J connectivity index is 1.45. The fourth-order valence-corrected chi connectivity index (χ4v) is 6.02. The Morgan fingerprint density at radius 1 is 1.19 bits per heavy atom. The van der Waals surface area contributed by atoms with E-state index in [1.807, 2.05) is 50.2 Å². The van der Waals surface area contributed by atoms with Gasteiger partial charge < -0.3 is 20.9 Å². The molecular formula is C28H34N4O4. The number of aliphatic imine (C=N–C) groups is 1. The average Bonchev–Trinajstić information content (AvgIpc) is 3.40. The number of methoxy groups -OCH3 is 1. The molecule has 1 heterocycles. The molecule has 2 amide bonds. The van der Waals surface area contributed by atoms with Crippen LogP contribution < -0.4 is 11.1 Å². The molecule has 36 heavy (non-hydrogen) atoms. The number of nitrogens with one attached hydrogen (secondary N) is 1. The van der Waals surface area contributed by atoms with E-state index in [4.69, 9.17) is 15.5 Å². The van der Waals surface area contributed by atoms with E-state index in [2.05, 4.69) is 5.32 Å². The van der Waals surface area contributed by atoms with Crippen LogP contribution in [-0.2, 0) is 16.0 Å². The summed E-state index contributed by atoms with van der Waals surface area (Å²) in [6.07, 6.45) is 1.96. The second kappa shape index (κ2) is 9.33. The summed E-state index contributed by atoms with van der Waals surface area (Å²) in [6.45, 7) is 4.05. The second-order valence-corrected chi connectivity index (χ2v) is 10.1. The molecule has 8 heteroatoms. The van der Waals surface area contributed by atoms with Crippen LogP contribution in [0.5, 0.6) is 0 Å². The topological polar surface area (TPSA) is 117 Å². The number of benzene rings is 2. The fourth-order valence-electron chi connectivity index (χ4n) is 6.02. The Labute approximate surface area is 211 Å². The predicted molar refractivity (Wildman–Crippen MR) is 136 cm³/mol. The normalized spacial score (nSPS) is 26.4. The highest BCUT2D eigenvalue weighted by Crippen LogP contribution is 2.46. The SMILES string of the molecule is CCC1(CC)CC(=O)N([C@@H]2CC(OC)c3ccc(C(=O)N[C@@H]4c5ccccc5C[C@H]4O)cc32)C(N)=N1. The number of nitrogens with two attached hydrogens (primary N) is 1. The summed E-state index contributed by atoms with van der Waals surface area (Å²) in [6, 6.07) is 12.4. The zero-order valence-electron chi connectivity index (χ0n) is 21.0. The van der Waals surface area contributed by atoms with Crippen molar-refractivity contribution < 1.29 is 19.4 Å². The van der Waals surface area contributed by atoms with E-state index in [9.17, 15) is 14.7 Å². The molecule has 0 bridgehead atoms. The molecule has 0 radical (unpaired) electrons. The zero-order valence-corrected chi connectivity index (χ0v) is 21.0. The highest BCUT2D eigenvalue weighted by atomic mass is 16.5. The van der Waals surface area contributed by atoms with Crippen molar-refractivity contribution in [1.29, 1.82) is 0 Å². The lowest BCUT2D eigenvalue weighted by Gasteiger charge is -2.39. The van der Waals surface area contributed by atoms with Gasteiger partial charge in [-0.25, -0.2) is 4.99 Å². The molecule has 3 aliphatic rings. The van der Waals surface area contributed by atoms with Crippen LogP contribution in [0.3, 0.4) is 0 Å². The lowest BCUT2D eigenvalue weighted by Crippen LogP contribution is -2.52. The van der Waals surface area contributed by atoms with Crippen LogP contribution in [-0.4, -0.2) is 46.5 Å². The molecule has 2 aliphatic carbocycles. The highest BCUT2D eigenvalue weighted by molar-refractivity contribution is 6.00. The van der Waals surface area contributed by atoms with Crippen LogP contribution >= 0.6 is 0 Å². The van der Waals surface area contributed by atoms with Crippen molar-refractivity contribution in [1.82, 2.24) is 10.2 Å². The number of hydrogen-bond acceptors (Lipinski definition) is 6. The van der Waals surface area contributed by atoms with Crippen LogP contribution in [0.2, 0.25) is 0 Å². The number of fused-ring (bicyclic) bond motifs is 2. The number of hydrogen-bond donors (Lipinski definition) is 3. The summed E-state index contributed by atoms with van der Waals surface area (Å²) in [7, 11) is 1.64. The quantitative estimate of drug-likeness (QED) is 0.574. The van der Waals surface area contributed by atoms with Gasteiger partial charge in [0.1, 0.15) is 0 Å². The first kappa shape index (κ1) is 24.5. The van der Waals surface area contributed by atoms with Crippen molar-refractivity contribution in [2.24, 2.45) is 10.7 Å². The molecular weight excluding hydrogens is 456 g/mol. The van der Waals surface area contributed by atoms with Crippen molar-refractivity contribution >= 4 is 17.8 Å². The number of carbonyl (C=O) groups is 2. The lowest BCUT2D eigenvalue weighted by molar-refractivity contribution is -0.131. The van der Waals surface area contributed by atoms with E-state index in [1.54, 1.807) is 18.1 Å². The monoisotopic (exact) mass is 490 g/mol. The van der Waals surface area contributed by atoms with Gasteiger partial charge in [0.15, 0.2) is 5.96 Å². The number of nitrogens with zero attached hydrogens (tertiary/aromatic N) is 2. The van der Waals surface area contributed by atoms with E-state index >= 15 is 0 Å². The molecule has 5 rings (SSSR count). The van der Waals surface area contributed by atoms with Crippen molar-refractivity contribution in [3.05, 3.63) is 70.3 Å². The largest absolute Gasteiger partial charge is 0.390 e. The predicted octanol–water partition coefficient (Wildman–Crippen LogP) is 3.31. The Hall–Kier alpha value is -3.23. The Morgan fingerprint density at radius 3 is 2.64 bits per heavy atom. The van der Waals surface area contributed by atoms with Crippen LogP contribution in [0.4, 0.5) is 0 Å². The number of ether oxygens (including phenoxy) is 1. The van der Waals surface area contributed by atoms with Crippen LogP contribution in [0, 0.1) is 0 Å². The third kappa shape index (κ3) is 3.98. The summed E-state index contributed by atoms with van der Waals surface area (Å²) >= 11 is 0. The number of aliphatic hydroxyl groups excluding tert-OH is 1. The maximum Gasteiger partial charge on any atom is 0.251 e. The summed E-state index contributed by atoms with van der Waals surface area (Å²) in [5, 5.41) is 13.6. The molecule has 4 N–H and O–H groups in total. The number of rotatable bonds is 6. The van der Waals surface area contributed by atoms with Crippen molar-refractivity contribution in [3.8, 4) is 0 Å². The summed E-state index contributed by atoms with van der Waals surface area (Å²) in [5.74, 6) is -0.108. The molecule has 0 spiro atoms. The van der Waals surface area contributed by atoms with Gasteiger partial charge in [-0.3, -0.25) is 14.5 Å². The second-order valence-electron chi connectivity index (χ2n) is 10.1. The minimum absolute atomic E-state index is 0.0561. The van der Waals surface area contributed by atoms with Gasteiger partial charge in [0, 0.05) is 25.5 Å². The van der Waals surface area contributed by atoms with Gasteiger partial charge in [-0.15, -0.1) is 0 Å². The molecule has 2 aromatic rings. The van der Waals surface area contributed by atoms with E-state index < -0.39 is 17.7 Å². The molecule has 2 aromatic carbocycles. The molecule has 0 aromatic heterocycles. The maximum absolute atomic E-state index is 13.3. The highest BCUT2D eigenvalue weighted by Gasteiger charge is 2.44. The molecule has 4 atom stereocenters. The molecule has 1 aliphatic heterocycles. The van der Waals surface area contributed by atoms with E-state index in [-0.39, 0.29) is 29.9 Å². The van der Waals surface area contributed by atoms with Crippen LogP contribution in [0.15, 0.2) is 47.5 Å². The van der Waals surface area contributed by atoms with Gasteiger partial charge in [-0.1, -0.05) is 44.2 Å². The van der Waals surface area contributed by atoms with Crippen molar-refractivity contribution in [2.45, 2.75) is 75.8 Å². The van der Waals surface area contributed by atoms with E-state index in [0.29, 0.717) is 24.8 Å². The number of amides is 2. The minimum Gasteiger partial charge on any atom is -0.390 e. The first-order chi connectivity index (χ1) is 17.3. The summed E-state index contributed by atoms with van der Waals surface area (Å²) in [5.41, 5.74) is 10.2. The molecule has 0 saturated heterocycles. The Morgan fingerprint density at radius 2 is 1.94 bits per heavy atom. The third-order valence-electron chi connectivity index (χ3n) is 8.24. The molecule has 0 fully saturated rings. The van der Waals surface area contributed by atoms with Gasteiger partial charge in [0.05, 0.1) is 36.3 Å². The van der Waals surface area contributed by atoms with Gasteiger partial charge in [-0.05, 0) is 47.2 Å². The van der Waals surface area contributed by atoms with Crippen molar-refractivity contribution in [2.75, 3.05) is 7.11 Å². The van der Waals surface area contributed by atoms with Gasteiger partial charge in [-0.2, -0.15) is 0 Å². The fraction of sp³-hybridized carbons (Fsp3) is 0.464. The standard InChI is InChI=1S/C28H34N4O4/c1-4-28(5-2)15-24(34)32(27(29)31-28)21-14-23(36-3)19-11-10-17(12-20(19)21)26(35)30-25-18-9-7-6-8-16(18)13-22(25)33/h6-12,21-23,25,33H,4-5,13-15H2,1-3H3,(H2,29,31)(H,30,35)/t21-,22-,23?,25-/m1/s1. The Kier molecular flexibility index (Phi) is 6.34. The van der Waals surface area contributed by atoms with Crippen LogP contribution in [0.1, 0.15) is 90.3 Å². The molecule has 8 nitrogen and oxygen atoms in total. The number of carbonyl (C=O) groups excluding carboxylic acids is 2. The molecule has 190 valence electrons. The number of aliphatic hydroxyl groups is 1. The van der Waals surface area contributed by atoms with Crippen LogP contribution in [0.25, 0.3) is 0 Å². The number of guanidine groups is 1.